The van der Waals surface area contributed by atoms with Crippen LogP contribution in [0.3, 0.4) is 0 Å². The molecule has 26 heavy (non-hydrogen) atoms. The first kappa shape index (κ1) is 20.5. The van der Waals surface area contributed by atoms with E-state index in [1.165, 1.54) is 18.5 Å². The number of anilines is 1. The molecule has 0 bridgehead atoms. The molecule has 0 atom stereocenters. The van der Waals surface area contributed by atoms with Crippen LogP contribution in [0.25, 0.3) is 0 Å². The fourth-order valence-electron chi connectivity index (χ4n) is 3.17. The van der Waals surface area contributed by atoms with Crippen LogP contribution in [0.5, 0.6) is 0 Å². The lowest BCUT2D eigenvalue weighted by molar-refractivity contribution is 0.401. The van der Waals surface area contributed by atoms with Crippen LogP contribution in [-0.4, -0.2) is 44.2 Å². The Kier molecular flexibility index (Phi) is 8.73. The van der Waals surface area contributed by atoms with E-state index in [9.17, 15) is 0 Å². The van der Waals surface area contributed by atoms with Crippen LogP contribution in [-0.2, 0) is 6.42 Å². The van der Waals surface area contributed by atoms with Gasteiger partial charge in [0, 0.05) is 57.7 Å². The van der Waals surface area contributed by atoms with E-state index in [0.29, 0.717) is 5.92 Å². The molecule has 7 heteroatoms. The largest absolute Gasteiger partial charge is 0.469 e. The number of hydrogen-bond donors (Lipinski definition) is 2. The molecule has 2 aromatic heterocycles. The van der Waals surface area contributed by atoms with E-state index in [1.807, 2.05) is 31.6 Å². The van der Waals surface area contributed by atoms with Gasteiger partial charge in [0.05, 0.1) is 6.26 Å². The third kappa shape index (κ3) is 6.19. The first-order valence-corrected chi connectivity index (χ1v) is 8.97. The highest BCUT2D eigenvalue weighted by molar-refractivity contribution is 14.0. The number of nitrogens with zero attached hydrogens (tertiary/aromatic N) is 3. The highest BCUT2D eigenvalue weighted by Gasteiger charge is 2.19. The van der Waals surface area contributed by atoms with E-state index in [1.54, 1.807) is 6.26 Å². The van der Waals surface area contributed by atoms with Gasteiger partial charge in [0.2, 0.25) is 0 Å². The van der Waals surface area contributed by atoms with Gasteiger partial charge in [0.15, 0.2) is 5.96 Å². The lowest BCUT2D eigenvalue weighted by atomic mass is 9.96. The summed E-state index contributed by atoms with van der Waals surface area (Å²) >= 11 is 0. The quantitative estimate of drug-likeness (QED) is 0.387. The normalized spacial score (nSPS) is 15.4. The molecule has 1 aliphatic heterocycles. The monoisotopic (exact) mass is 469 g/mol. The van der Waals surface area contributed by atoms with Crippen molar-refractivity contribution in [2.45, 2.75) is 19.3 Å². The summed E-state index contributed by atoms with van der Waals surface area (Å²) in [6.07, 6.45) is 8.68. The summed E-state index contributed by atoms with van der Waals surface area (Å²) in [7, 11) is 1.81. The van der Waals surface area contributed by atoms with Crippen LogP contribution in [0.2, 0.25) is 0 Å². The number of piperidine rings is 1. The predicted molar refractivity (Wildman–Crippen MR) is 116 cm³/mol. The maximum absolute atomic E-state index is 5.34. The van der Waals surface area contributed by atoms with Gasteiger partial charge in [0.25, 0.3) is 0 Å². The van der Waals surface area contributed by atoms with Crippen LogP contribution in [0.4, 0.5) is 5.69 Å². The standard InChI is InChI=1S/C19H27N5O.HI/c1-20-19(22-11-6-18-3-2-14-25-18)23-15-16-7-12-24(13-8-16)17-4-9-21-10-5-17;/h2-5,9-10,14,16H,6-8,11-13,15H2,1H3,(H2,20,22,23);1H. The summed E-state index contributed by atoms with van der Waals surface area (Å²) < 4.78 is 5.34. The molecule has 1 fully saturated rings. The zero-order valence-corrected chi connectivity index (χ0v) is 17.6. The molecule has 2 N–H and O–H groups in total. The van der Waals surface area contributed by atoms with E-state index in [-0.39, 0.29) is 24.0 Å². The number of guanidine groups is 1. The summed E-state index contributed by atoms with van der Waals surface area (Å²) in [4.78, 5) is 10.8. The van der Waals surface area contributed by atoms with Gasteiger partial charge in [-0.3, -0.25) is 9.98 Å². The molecule has 2 aromatic rings. The van der Waals surface area contributed by atoms with Gasteiger partial charge in [-0.15, -0.1) is 24.0 Å². The fourth-order valence-corrected chi connectivity index (χ4v) is 3.17. The van der Waals surface area contributed by atoms with E-state index in [4.69, 9.17) is 4.42 Å². The van der Waals surface area contributed by atoms with Gasteiger partial charge in [-0.05, 0) is 43.0 Å². The third-order valence-corrected chi connectivity index (χ3v) is 4.67. The average Bonchev–Trinajstić information content (AvgIpc) is 3.19. The summed E-state index contributed by atoms with van der Waals surface area (Å²) in [5.41, 5.74) is 1.27. The van der Waals surface area contributed by atoms with Crippen molar-refractivity contribution < 1.29 is 4.42 Å². The van der Waals surface area contributed by atoms with Crippen molar-refractivity contribution in [3.05, 3.63) is 48.7 Å². The van der Waals surface area contributed by atoms with Crippen molar-refractivity contribution in [2.24, 2.45) is 10.9 Å². The molecule has 1 aliphatic rings. The Balaban J connectivity index is 0.00000243. The van der Waals surface area contributed by atoms with Gasteiger partial charge in [-0.2, -0.15) is 0 Å². The van der Waals surface area contributed by atoms with Gasteiger partial charge in [-0.1, -0.05) is 0 Å². The summed E-state index contributed by atoms with van der Waals surface area (Å²) in [5.74, 6) is 2.54. The van der Waals surface area contributed by atoms with E-state index in [0.717, 1.165) is 44.3 Å². The molecular formula is C19H28IN5O. The molecule has 0 radical (unpaired) electrons. The van der Waals surface area contributed by atoms with Gasteiger partial charge in [0.1, 0.15) is 5.76 Å². The summed E-state index contributed by atoms with van der Waals surface area (Å²) in [5, 5.41) is 6.80. The number of hydrogen-bond acceptors (Lipinski definition) is 4. The molecule has 0 spiro atoms. The SMILES string of the molecule is CN=C(NCCc1ccco1)NCC1CCN(c2ccncc2)CC1.I. The Morgan fingerprint density at radius 3 is 2.65 bits per heavy atom. The number of aliphatic imine (C=N–C) groups is 1. The number of pyridine rings is 1. The van der Waals surface area contributed by atoms with Crippen molar-refractivity contribution >= 4 is 35.6 Å². The van der Waals surface area contributed by atoms with Crippen LogP contribution in [0, 0.1) is 5.92 Å². The Morgan fingerprint density at radius 2 is 2.00 bits per heavy atom. The molecule has 0 aliphatic carbocycles. The van der Waals surface area contributed by atoms with Crippen molar-refractivity contribution in [1.29, 1.82) is 0 Å². The zero-order chi connectivity index (χ0) is 17.3. The minimum Gasteiger partial charge on any atom is -0.469 e. The number of nitrogens with one attached hydrogen (secondary N) is 2. The maximum Gasteiger partial charge on any atom is 0.190 e. The van der Waals surface area contributed by atoms with Crippen LogP contribution >= 0.6 is 24.0 Å². The Labute approximate surface area is 172 Å². The first-order chi connectivity index (χ1) is 12.3. The number of rotatable bonds is 6. The molecule has 142 valence electrons. The number of aromatic nitrogens is 1. The molecule has 3 rings (SSSR count). The number of halogens is 1. The fraction of sp³-hybridized carbons (Fsp3) is 0.474. The van der Waals surface area contributed by atoms with Gasteiger partial charge < -0.3 is 20.0 Å². The van der Waals surface area contributed by atoms with Crippen LogP contribution in [0.15, 0.2) is 52.3 Å². The lowest BCUT2D eigenvalue weighted by Gasteiger charge is -2.33. The Bertz CT molecular complexity index is 639. The molecule has 0 amide bonds. The summed E-state index contributed by atoms with van der Waals surface area (Å²) in [6.45, 7) is 3.97. The summed E-state index contributed by atoms with van der Waals surface area (Å²) in [6, 6.07) is 8.09. The zero-order valence-electron chi connectivity index (χ0n) is 15.2. The van der Waals surface area contributed by atoms with Crippen LogP contribution < -0.4 is 15.5 Å². The van der Waals surface area contributed by atoms with E-state index < -0.39 is 0 Å². The lowest BCUT2D eigenvalue weighted by Crippen LogP contribution is -2.43. The minimum absolute atomic E-state index is 0. The van der Waals surface area contributed by atoms with Crippen molar-refractivity contribution in [1.82, 2.24) is 15.6 Å². The second kappa shape index (κ2) is 11.1. The van der Waals surface area contributed by atoms with Gasteiger partial charge >= 0.3 is 0 Å². The average molecular weight is 469 g/mol. The van der Waals surface area contributed by atoms with Crippen LogP contribution in [0.1, 0.15) is 18.6 Å². The smallest absolute Gasteiger partial charge is 0.190 e. The highest BCUT2D eigenvalue weighted by Crippen LogP contribution is 2.22. The highest BCUT2D eigenvalue weighted by atomic mass is 127. The van der Waals surface area contributed by atoms with E-state index in [2.05, 4.69) is 37.6 Å². The van der Waals surface area contributed by atoms with Crippen molar-refractivity contribution in [3.8, 4) is 0 Å². The molecule has 0 aromatic carbocycles. The number of furan rings is 1. The molecule has 6 nitrogen and oxygen atoms in total. The first-order valence-electron chi connectivity index (χ1n) is 8.97. The Hall–Kier alpha value is -1.77. The molecule has 1 saturated heterocycles. The molecule has 3 heterocycles. The van der Waals surface area contributed by atoms with Gasteiger partial charge in [-0.25, -0.2) is 0 Å². The maximum atomic E-state index is 5.34. The Morgan fingerprint density at radius 1 is 1.23 bits per heavy atom. The van der Waals surface area contributed by atoms with E-state index >= 15 is 0 Å². The minimum atomic E-state index is 0. The third-order valence-electron chi connectivity index (χ3n) is 4.67. The second-order valence-corrected chi connectivity index (χ2v) is 6.35. The molecular weight excluding hydrogens is 441 g/mol. The predicted octanol–water partition coefficient (Wildman–Crippen LogP) is 2.92. The molecule has 0 saturated carbocycles. The van der Waals surface area contributed by atoms with Crippen molar-refractivity contribution in [2.75, 3.05) is 38.1 Å². The molecule has 0 unspecified atom stereocenters. The topological polar surface area (TPSA) is 65.7 Å². The van der Waals surface area contributed by atoms with Crippen molar-refractivity contribution in [3.63, 3.8) is 0 Å². The second-order valence-electron chi connectivity index (χ2n) is 6.35.